The molecule has 0 radical (unpaired) electrons. The summed E-state index contributed by atoms with van der Waals surface area (Å²) >= 11 is 0. The van der Waals surface area contributed by atoms with Gasteiger partial charge in [0.25, 0.3) is 0 Å². The molecular formula is C14H22N2O5. The molecule has 1 N–H and O–H groups in total. The summed E-state index contributed by atoms with van der Waals surface area (Å²) in [6.07, 6.45) is -0.837. The van der Waals surface area contributed by atoms with Crippen molar-refractivity contribution in [1.29, 1.82) is 5.26 Å². The van der Waals surface area contributed by atoms with Gasteiger partial charge in [0.1, 0.15) is 18.3 Å². The highest BCUT2D eigenvalue weighted by Gasteiger charge is 2.61. The summed E-state index contributed by atoms with van der Waals surface area (Å²) in [7, 11) is 0. The smallest absolute Gasteiger partial charge is 0.163 e. The predicted molar refractivity (Wildman–Crippen MR) is 70.2 cm³/mol. The van der Waals surface area contributed by atoms with Crippen LogP contribution in [0, 0.1) is 11.3 Å². The van der Waals surface area contributed by atoms with Gasteiger partial charge in [-0.25, -0.2) is 0 Å². The number of hydrogen-bond acceptors (Lipinski definition) is 7. The largest absolute Gasteiger partial charge is 0.348 e. The number of hydroxylamine groups is 2. The number of ether oxygens (including phenoxy) is 4. The molecule has 0 aromatic rings. The van der Waals surface area contributed by atoms with Crippen LogP contribution in [-0.4, -0.2) is 58.8 Å². The van der Waals surface area contributed by atoms with Crippen molar-refractivity contribution in [2.45, 2.75) is 76.1 Å². The first-order chi connectivity index (χ1) is 9.74. The molecular weight excluding hydrogens is 276 g/mol. The molecule has 0 unspecified atom stereocenters. The van der Waals surface area contributed by atoms with Gasteiger partial charge in [-0.3, -0.25) is 0 Å². The zero-order chi connectivity index (χ0) is 15.4. The fourth-order valence-corrected chi connectivity index (χ4v) is 3.47. The molecule has 0 spiro atoms. The van der Waals surface area contributed by atoms with Crippen LogP contribution >= 0.6 is 0 Å². The third kappa shape index (κ3) is 2.57. The average Bonchev–Trinajstić information content (AvgIpc) is 2.93. The molecule has 3 fully saturated rings. The van der Waals surface area contributed by atoms with Crippen LogP contribution in [0.5, 0.6) is 0 Å². The third-order valence-corrected chi connectivity index (χ3v) is 4.24. The maximum Gasteiger partial charge on any atom is 0.163 e. The van der Waals surface area contributed by atoms with E-state index in [1.54, 1.807) is 0 Å². The lowest BCUT2D eigenvalue weighted by Crippen LogP contribution is -2.48. The van der Waals surface area contributed by atoms with E-state index in [2.05, 4.69) is 6.07 Å². The highest BCUT2D eigenvalue weighted by molar-refractivity contribution is 5.08. The first-order valence-electron chi connectivity index (χ1n) is 7.26. The monoisotopic (exact) mass is 298 g/mol. The van der Waals surface area contributed by atoms with Gasteiger partial charge < -0.3 is 24.2 Å². The molecule has 3 saturated heterocycles. The minimum absolute atomic E-state index is 0.171. The number of nitriles is 1. The van der Waals surface area contributed by atoms with E-state index in [0.29, 0.717) is 6.61 Å². The molecule has 0 aromatic heterocycles. The summed E-state index contributed by atoms with van der Waals surface area (Å²) in [6.45, 7) is 7.72. The third-order valence-electron chi connectivity index (χ3n) is 4.24. The molecule has 0 saturated carbocycles. The maximum atomic E-state index is 10.5. The van der Waals surface area contributed by atoms with Crippen molar-refractivity contribution < 1.29 is 24.2 Å². The lowest BCUT2D eigenvalue weighted by atomic mass is 10.0. The van der Waals surface area contributed by atoms with E-state index in [9.17, 15) is 5.21 Å². The van der Waals surface area contributed by atoms with Gasteiger partial charge in [0.15, 0.2) is 11.6 Å². The van der Waals surface area contributed by atoms with Gasteiger partial charge >= 0.3 is 0 Å². The Hall–Kier alpha value is -0.750. The average molecular weight is 298 g/mol. The van der Waals surface area contributed by atoms with Gasteiger partial charge in [-0.1, -0.05) is 0 Å². The first kappa shape index (κ1) is 15.2. The Kier molecular flexibility index (Phi) is 3.52. The van der Waals surface area contributed by atoms with Crippen LogP contribution in [0.15, 0.2) is 0 Å². The zero-order valence-electron chi connectivity index (χ0n) is 12.8. The Bertz CT molecular complexity index is 461. The first-order valence-corrected chi connectivity index (χ1v) is 7.26. The van der Waals surface area contributed by atoms with E-state index in [4.69, 9.17) is 24.2 Å². The standard InChI is InChI=1S/C14H22N2O5/c1-13(2)18-7-9(19-13)10-12-11(20-14(3,4)21-12)8(5-6-15)16(10)17/h8-12,17H,5,7H2,1-4H3/t8-,9+,10+,11-,12+/m1/s1. The predicted octanol–water partition coefficient (Wildman–Crippen LogP) is 1.01. The number of rotatable bonds is 2. The van der Waals surface area contributed by atoms with Crippen LogP contribution in [0.25, 0.3) is 0 Å². The summed E-state index contributed by atoms with van der Waals surface area (Å²) in [5, 5.41) is 20.6. The number of fused-ring (bicyclic) bond motifs is 1. The van der Waals surface area contributed by atoms with Crippen LogP contribution < -0.4 is 0 Å². The number of nitrogens with zero attached hydrogens (tertiary/aromatic N) is 2. The molecule has 0 bridgehead atoms. The molecule has 3 aliphatic rings. The van der Waals surface area contributed by atoms with E-state index in [1.165, 1.54) is 5.06 Å². The summed E-state index contributed by atoms with van der Waals surface area (Å²) in [4.78, 5) is 0. The van der Waals surface area contributed by atoms with Crippen molar-refractivity contribution in [2.24, 2.45) is 0 Å². The number of hydrogen-bond donors (Lipinski definition) is 1. The zero-order valence-corrected chi connectivity index (χ0v) is 12.8. The maximum absolute atomic E-state index is 10.5. The van der Waals surface area contributed by atoms with E-state index in [0.717, 1.165) is 0 Å². The summed E-state index contributed by atoms with van der Waals surface area (Å²) in [5.74, 6) is -1.40. The molecule has 118 valence electrons. The Labute approximate surface area is 124 Å². The van der Waals surface area contributed by atoms with Crippen LogP contribution in [0.2, 0.25) is 0 Å². The van der Waals surface area contributed by atoms with Crippen LogP contribution in [0.1, 0.15) is 34.1 Å². The molecule has 7 nitrogen and oxygen atoms in total. The van der Waals surface area contributed by atoms with Crippen molar-refractivity contribution in [3.05, 3.63) is 0 Å². The van der Waals surface area contributed by atoms with E-state index >= 15 is 0 Å². The molecule has 3 heterocycles. The van der Waals surface area contributed by atoms with Crippen molar-refractivity contribution >= 4 is 0 Å². The topological polar surface area (TPSA) is 84.2 Å². The van der Waals surface area contributed by atoms with Crippen molar-refractivity contribution in [3.8, 4) is 6.07 Å². The molecule has 21 heavy (non-hydrogen) atoms. The van der Waals surface area contributed by atoms with Crippen molar-refractivity contribution in [3.63, 3.8) is 0 Å². The highest BCUT2D eigenvalue weighted by atomic mass is 16.8. The normalized spacial score (nSPS) is 44.7. The lowest BCUT2D eigenvalue weighted by Gasteiger charge is -2.31. The van der Waals surface area contributed by atoms with E-state index in [-0.39, 0.29) is 24.7 Å². The van der Waals surface area contributed by atoms with Crippen molar-refractivity contribution in [1.82, 2.24) is 5.06 Å². The van der Waals surface area contributed by atoms with E-state index in [1.807, 2.05) is 27.7 Å². The second-order valence-electron chi connectivity index (χ2n) is 6.73. The lowest BCUT2D eigenvalue weighted by molar-refractivity contribution is -0.234. The minimum atomic E-state index is -0.725. The second kappa shape index (κ2) is 4.88. The van der Waals surface area contributed by atoms with Crippen LogP contribution in [-0.2, 0) is 18.9 Å². The summed E-state index contributed by atoms with van der Waals surface area (Å²) in [6, 6.07) is 1.27. The molecule has 0 amide bonds. The highest BCUT2D eigenvalue weighted by Crippen LogP contribution is 2.43. The SMILES string of the molecule is CC1(C)O[C@@H]2[C@H](O1)[C@@H](CC#N)N(O)[C@H]2[C@@H]1COC(C)(C)O1. The Morgan fingerprint density at radius 2 is 1.81 bits per heavy atom. The molecule has 0 aliphatic carbocycles. The fraction of sp³-hybridized carbons (Fsp3) is 0.929. The molecule has 3 aliphatic heterocycles. The van der Waals surface area contributed by atoms with Gasteiger partial charge in [0.05, 0.1) is 31.2 Å². The Morgan fingerprint density at radius 1 is 1.14 bits per heavy atom. The van der Waals surface area contributed by atoms with Gasteiger partial charge in [-0.05, 0) is 27.7 Å². The van der Waals surface area contributed by atoms with Gasteiger partial charge in [-0.2, -0.15) is 10.3 Å². The van der Waals surface area contributed by atoms with Gasteiger partial charge in [-0.15, -0.1) is 0 Å². The Balaban J connectivity index is 1.84. The minimum Gasteiger partial charge on any atom is -0.348 e. The molecule has 7 heteroatoms. The molecule has 3 rings (SSSR count). The van der Waals surface area contributed by atoms with Gasteiger partial charge in [0.2, 0.25) is 0 Å². The molecule has 0 aromatic carbocycles. The molecule has 5 atom stereocenters. The van der Waals surface area contributed by atoms with Crippen molar-refractivity contribution in [2.75, 3.05) is 6.61 Å². The van der Waals surface area contributed by atoms with Gasteiger partial charge in [0, 0.05) is 0 Å². The quantitative estimate of drug-likeness (QED) is 0.814. The summed E-state index contributed by atoms with van der Waals surface area (Å²) < 4.78 is 23.3. The summed E-state index contributed by atoms with van der Waals surface area (Å²) in [5.41, 5.74) is 0. The van der Waals surface area contributed by atoms with E-state index < -0.39 is 23.7 Å². The van der Waals surface area contributed by atoms with Crippen LogP contribution in [0.4, 0.5) is 0 Å². The fourth-order valence-electron chi connectivity index (χ4n) is 3.47. The Morgan fingerprint density at radius 3 is 2.38 bits per heavy atom. The van der Waals surface area contributed by atoms with Crippen LogP contribution in [0.3, 0.4) is 0 Å². The second-order valence-corrected chi connectivity index (χ2v) is 6.73.